The SMILES string of the molecule is O=C(Nc1nc(-c2ccc(-c3ccccc3)cc2)cs1)c1cc(-c2ccc(Br)cc2)nc2ccccc12. The van der Waals surface area contributed by atoms with Crippen molar-refractivity contribution in [1.29, 1.82) is 0 Å². The lowest BCUT2D eigenvalue weighted by Crippen LogP contribution is -2.13. The molecule has 0 radical (unpaired) electrons. The van der Waals surface area contributed by atoms with E-state index in [9.17, 15) is 4.79 Å². The van der Waals surface area contributed by atoms with Gasteiger partial charge in [-0.15, -0.1) is 11.3 Å². The summed E-state index contributed by atoms with van der Waals surface area (Å²) in [6.45, 7) is 0. The van der Waals surface area contributed by atoms with Gasteiger partial charge in [-0.05, 0) is 35.4 Å². The van der Waals surface area contributed by atoms with Gasteiger partial charge in [-0.2, -0.15) is 0 Å². The average Bonchev–Trinajstić information content (AvgIpc) is 3.42. The van der Waals surface area contributed by atoms with Gasteiger partial charge in [-0.25, -0.2) is 9.97 Å². The lowest BCUT2D eigenvalue weighted by Gasteiger charge is -2.10. The Kier molecular flexibility index (Phi) is 6.35. The molecule has 0 aliphatic rings. The monoisotopic (exact) mass is 561 g/mol. The largest absolute Gasteiger partial charge is 0.298 e. The lowest BCUT2D eigenvalue weighted by atomic mass is 10.0. The molecule has 2 heterocycles. The number of nitrogens with one attached hydrogen (secondary N) is 1. The van der Waals surface area contributed by atoms with E-state index < -0.39 is 0 Å². The van der Waals surface area contributed by atoms with Crippen molar-refractivity contribution in [3.8, 4) is 33.6 Å². The fourth-order valence-electron chi connectivity index (χ4n) is 4.22. The third-order valence-corrected chi connectivity index (χ3v) is 7.40. The smallest absolute Gasteiger partial charge is 0.258 e. The van der Waals surface area contributed by atoms with Crippen molar-refractivity contribution in [3.05, 3.63) is 125 Å². The molecule has 6 rings (SSSR count). The summed E-state index contributed by atoms with van der Waals surface area (Å²) in [7, 11) is 0. The number of fused-ring (bicyclic) bond motifs is 1. The molecule has 0 atom stereocenters. The summed E-state index contributed by atoms with van der Waals surface area (Å²) in [5.41, 5.74) is 7.18. The Labute approximate surface area is 226 Å². The van der Waals surface area contributed by atoms with Crippen molar-refractivity contribution < 1.29 is 4.79 Å². The number of anilines is 1. The zero-order valence-corrected chi connectivity index (χ0v) is 22.0. The van der Waals surface area contributed by atoms with Crippen molar-refractivity contribution in [2.45, 2.75) is 0 Å². The second-order valence-electron chi connectivity index (χ2n) is 8.51. The maximum Gasteiger partial charge on any atom is 0.258 e. The van der Waals surface area contributed by atoms with Gasteiger partial charge in [-0.1, -0.05) is 101 Å². The van der Waals surface area contributed by atoms with E-state index in [1.807, 2.05) is 78.2 Å². The second kappa shape index (κ2) is 10.1. The Morgan fingerprint density at radius 2 is 1.30 bits per heavy atom. The quantitative estimate of drug-likeness (QED) is 0.229. The van der Waals surface area contributed by atoms with Gasteiger partial charge in [-0.3, -0.25) is 10.1 Å². The zero-order valence-electron chi connectivity index (χ0n) is 19.6. The van der Waals surface area contributed by atoms with E-state index in [-0.39, 0.29) is 5.91 Å². The molecule has 0 saturated heterocycles. The summed E-state index contributed by atoms with van der Waals surface area (Å²) in [5.74, 6) is -0.211. The van der Waals surface area contributed by atoms with Crippen molar-refractivity contribution in [1.82, 2.24) is 9.97 Å². The maximum absolute atomic E-state index is 13.4. The van der Waals surface area contributed by atoms with Gasteiger partial charge in [0, 0.05) is 26.4 Å². The van der Waals surface area contributed by atoms with E-state index in [4.69, 9.17) is 4.98 Å². The standard InChI is InChI=1S/C31H20BrN3OS/c32-24-16-14-22(15-17-24)28-18-26(25-8-4-5-9-27(25)33-28)30(36)35-31-34-29(19-37-31)23-12-10-21(11-13-23)20-6-2-1-3-7-20/h1-19H,(H,34,35,36). The van der Waals surface area contributed by atoms with Crippen LogP contribution in [0.5, 0.6) is 0 Å². The van der Waals surface area contributed by atoms with E-state index in [0.29, 0.717) is 10.7 Å². The number of nitrogens with zero attached hydrogens (tertiary/aromatic N) is 2. The highest BCUT2D eigenvalue weighted by molar-refractivity contribution is 9.10. The van der Waals surface area contributed by atoms with Gasteiger partial charge in [0.15, 0.2) is 5.13 Å². The van der Waals surface area contributed by atoms with Gasteiger partial charge in [0.05, 0.1) is 22.5 Å². The van der Waals surface area contributed by atoms with Crippen LogP contribution in [0.15, 0.2) is 119 Å². The number of rotatable bonds is 5. The predicted molar refractivity (Wildman–Crippen MR) is 156 cm³/mol. The minimum atomic E-state index is -0.211. The van der Waals surface area contributed by atoms with Crippen LogP contribution in [0.3, 0.4) is 0 Å². The number of carbonyl (C=O) groups excluding carboxylic acids is 1. The van der Waals surface area contributed by atoms with E-state index in [2.05, 4.69) is 62.6 Å². The zero-order chi connectivity index (χ0) is 25.2. The molecule has 178 valence electrons. The third kappa shape index (κ3) is 4.94. The summed E-state index contributed by atoms with van der Waals surface area (Å²) < 4.78 is 0.990. The van der Waals surface area contributed by atoms with Crippen LogP contribution in [0, 0.1) is 0 Å². The van der Waals surface area contributed by atoms with E-state index in [1.54, 1.807) is 0 Å². The van der Waals surface area contributed by atoms with Crippen LogP contribution in [0.25, 0.3) is 44.5 Å². The first kappa shape index (κ1) is 23.3. The van der Waals surface area contributed by atoms with Crippen LogP contribution in [0.2, 0.25) is 0 Å². The van der Waals surface area contributed by atoms with Crippen molar-refractivity contribution in [3.63, 3.8) is 0 Å². The molecule has 0 unspecified atom stereocenters. The topological polar surface area (TPSA) is 54.9 Å². The number of halogens is 1. The second-order valence-corrected chi connectivity index (χ2v) is 10.3. The molecule has 6 aromatic rings. The molecule has 0 bridgehead atoms. The molecule has 0 fully saturated rings. The molecule has 2 aromatic heterocycles. The molecular weight excluding hydrogens is 542 g/mol. The fraction of sp³-hybridized carbons (Fsp3) is 0. The number of benzene rings is 4. The summed E-state index contributed by atoms with van der Waals surface area (Å²) >= 11 is 4.89. The maximum atomic E-state index is 13.4. The van der Waals surface area contributed by atoms with Crippen LogP contribution in [0.1, 0.15) is 10.4 Å². The number of pyridine rings is 1. The van der Waals surface area contributed by atoms with Gasteiger partial charge >= 0.3 is 0 Å². The molecule has 1 amide bonds. The fourth-order valence-corrected chi connectivity index (χ4v) is 5.20. The van der Waals surface area contributed by atoms with Crippen LogP contribution in [-0.2, 0) is 0 Å². The summed E-state index contributed by atoms with van der Waals surface area (Å²) in [5, 5.41) is 6.32. The highest BCUT2D eigenvalue weighted by Gasteiger charge is 2.16. The molecule has 4 nitrogen and oxygen atoms in total. The molecule has 0 aliphatic carbocycles. The average molecular weight is 562 g/mol. The van der Waals surface area contributed by atoms with Crippen molar-refractivity contribution in [2.24, 2.45) is 0 Å². The highest BCUT2D eigenvalue weighted by Crippen LogP contribution is 2.30. The number of hydrogen-bond acceptors (Lipinski definition) is 4. The summed E-state index contributed by atoms with van der Waals surface area (Å²) in [6.07, 6.45) is 0. The molecular formula is C31H20BrN3OS. The van der Waals surface area contributed by atoms with Gasteiger partial charge in [0.2, 0.25) is 0 Å². The molecule has 0 spiro atoms. The molecule has 37 heavy (non-hydrogen) atoms. The van der Waals surface area contributed by atoms with Crippen molar-refractivity contribution in [2.75, 3.05) is 5.32 Å². The Morgan fingerprint density at radius 3 is 2.08 bits per heavy atom. The molecule has 0 aliphatic heterocycles. The van der Waals surface area contributed by atoms with E-state index >= 15 is 0 Å². The number of amides is 1. The Morgan fingerprint density at radius 1 is 0.676 bits per heavy atom. The molecule has 1 N–H and O–H groups in total. The highest BCUT2D eigenvalue weighted by atomic mass is 79.9. The minimum absolute atomic E-state index is 0.211. The van der Waals surface area contributed by atoms with Crippen LogP contribution < -0.4 is 5.32 Å². The predicted octanol–water partition coefficient (Wildman–Crippen LogP) is 8.71. The number of carbonyl (C=O) groups is 1. The molecule has 6 heteroatoms. The minimum Gasteiger partial charge on any atom is -0.298 e. The van der Waals surface area contributed by atoms with Gasteiger partial charge in [0.1, 0.15) is 0 Å². The van der Waals surface area contributed by atoms with E-state index in [0.717, 1.165) is 43.5 Å². The summed E-state index contributed by atoms with van der Waals surface area (Å²) in [4.78, 5) is 22.9. The number of hydrogen-bond donors (Lipinski definition) is 1. The normalized spacial score (nSPS) is 10.9. The van der Waals surface area contributed by atoms with Crippen LogP contribution in [-0.4, -0.2) is 15.9 Å². The van der Waals surface area contributed by atoms with Crippen molar-refractivity contribution >= 4 is 49.2 Å². The first-order valence-electron chi connectivity index (χ1n) is 11.7. The molecule has 4 aromatic carbocycles. The Hall–Kier alpha value is -4.13. The molecule has 0 saturated carbocycles. The summed E-state index contributed by atoms with van der Waals surface area (Å²) in [6, 6.07) is 36.0. The van der Waals surface area contributed by atoms with Gasteiger partial charge < -0.3 is 0 Å². The Balaban J connectivity index is 1.27. The lowest BCUT2D eigenvalue weighted by molar-refractivity contribution is 0.102. The number of para-hydroxylation sites is 1. The third-order valence-electron chi connectivity index (χ3n) is 6.11. The van der Waals surface area contributed by atoms with Gasteiger partial charge in [0.25, 0.3) is 5.91 Å². The van der Waals surface area contributed by atoms with Crippen LogP contribution >= 0.6 is 27.3 Å². The first-order valence-corrected chi connectivity index (χ1v) is 13.4. The van der Waals surface area contributed by atoms with E-state index in [1.165, 1.54) is 16.9 Å². The first-order chi connectivity index (χ1) is 18.1. The number of thiazole rings is 1. The number of aromatic nitrogens is 2. The van der Waals surface area contributed by atoms with Crippen LogP contribution in [0.4, 0.5) is 5.13 Å². The Bertz CT molecular complexity index is 1710.